The average Bonchev–Trinajstić information content (AvgIpc) is 3.11. The van der Waals surface area contributed by atoms with Crippen LogP contribution in [0.4, 0.5) is 5.69 Å². The predicted octanol–water partition coefficient (Wildman–Crippen LogP) is 5.37. The highest BCUT2D eigenvalue weighted by molar-refractivity contribution is 9.10. The third-order valence-electron chi connectivity index (χ3n) is 5.37. The van der Waals surface area contributed by atoms with E-state index in [0.717, 1.165) is 27.7 Å². The van der Waals surface area contributed by atoms with Gasteiger partial charge in [0.2, 0.25) is 0 Å². The van der Waals surface area contributed by atoms with Crippen LogP contribution in [-0.4, -0.2) is 13.1 Å². The second-order valence-corrected chi connectivity index (χ2v) is 7.56. The lowest BCUT2D eigenvalue weighted by molar-refractivity contribution is 0.0598. The summed E-state index contributed by atoms with van der Waals surface area (Å²) in [6.07, 6.45) is 5.48. The molecule has 0 aromatic heterocycles. The lowest BCUT2D eigenvalue weighted by Crippen LogP contribution is -2.31. The van der Waals surface area contributed by atoms with Crippen molar-refractivity contribution in [3.63, 3.8) is 0 Å². The molecule has 2 aliphatic rings. The predicted molar refractivity (Wildman–Crippen MR) is 103 cm³/mol. The fourth-order valence-corrected chi connectivity index (χ4v) is 4.71. The molecule has 4 rings (SSSR count). The molecule has 1 aliphatic heterocycles. The molecular weight excluding hydrogens is 378 g/mol. The molecule has 3 nitrogen and oxygen atoms in total. The maximum Gasteiger partial charge on any atom is 0.338 e. The maximum atomic E-state index is 12.3. The Hall–Kier alpha value is -2.07. The highest BCUT2D eigenvalue weighted by atomic mass is 79.9. The number of anilines is 1. The molecule has 0 amide bonds. The molecule has 0 radical (unpaired) electrons. The van der Waals surface area contributed by atoms with Gasteiger partial charge < -0.3 is 10.1 Å². The van der Waals surface area contributed by atoms with Gasteiger partial charge in [-0.15, -0.1) is 0 Å². The summed E-state index contributed by atoms with van der Waals surface area (Å²) in [7, 11) is 1.44. The van der Waals surface area contributed by atoms with Crippen molar-refractivity contribution in [1.29, 1.82) is 0 Å². The van der Waals surface area contributed by atoms with Crippen molar-refractivity contribution in [2.24, 2.45) is 5.92 Å². The molecule has 1 aliphatic carbocycles. The van der Waals surface area contributed by atoms with Gasteiger partial charge in [-0.2, -0.15) is 0 Å². The number of hydrogen-bond acceptors (Lipinski definition) is 3. The van der Waals surface area contributed by atoms with E-state index in [-0.39, 0.29) is 17.9 Å². The van der Waals surface area contributed by atoms with Crippen LogP contribution in [0.15, 0.2) is 53.0 Å². The van der Waals surface area contributed by atoms with Crippen LogP contribution in [0.25, 0.3) is 0 Å². The quantitative estimate of drug-likeness (QED) is 0.546. The normalized spacial score (nSPS) is 23.6. The van der Waals surface area contributed by atoms with Crippen LogP contribution in [-0.2, 0) is 4.74 Å². The van der Waals surface area contributed by atoms with Crippen LogP contribution in [0.3, 0.4) is 0 Å². The first-order valence-corrected chi connectivity index (χ1v) is 9.30. The largest absolute Gasteiger partial charge is 0.465 e. The van der Waals surface area contributed by atoms with Gasteiger partial charge in [0.25, 0.3) is 0 Å². The van der Waals surface area contributed by atoms with E-state index >= 15 is 0 Å². The average molecular weight is 398 g/mol. The van der Waals surface area contributed by atoms with E-state index in [2.05, 4.69) is 58.5 Å². The Morgan fingerprint density at radius 1 is 1.24 bits per heavy atom. The van der Waals surface area contributed by atoms with Gasteiger partial charge in [-0.25, -0.2) is 4.79 Å². The number of carbonyl (C=O) groups is 1. The summed E-state index contributed by atoms with van der Waals surface area (Å²) in [5.41, 5.74) is 5.22. The molecule has 0 bridgehead atoms. The number of allylic oxidation sites excluding steroid dienone is 2. The minimum Gasteiger partial charge on any atom is -0.465 e. The molecule has 1 heterocycles. The van der Waals surface area contributed by atoms with Crippen LogP contribution < -0.4 is 5.32 Å². The third kappa shape index (κ3) is 2.60. The Balaban J connectivity index is 1.89. The highest BCUT2D eigenvalue weighted by Crippen LogP contribution is 2.52. The Labute approximate surface area is 156 Å². The molecule has 0 saturated carbocycles. The summed E-state index contributed by atoms with van der Waals surface area (Å²) in [4.78, 5) is 12.3. The summed E-state index contributed by atoms with van der Waals surface area (Å²) >= 11 is 3.70. The molecule has 4 heteroatoms. The van der Waals surface area contributed by atoms with Crippen LogP contribution in [0.1, 0.15) is 45.4 Å². The molecule has 128 valence electrons. The van der Waals surface area contributed by atoms with Crippen molar-refractivity contribution in [3.8, 4) is 0 Å². The molecule has 0 saturated heterocycles. The smallest absolute Gasteiger partial charge is 0.338 e. The monoisotopic (exact) mass is 397 g/mol. The number of benzene rings is 2. The fourth-order valence-electron chi connectivity index (χ4n) is 4.18. The van der Waals surface area contributed by atoms with Gasteiger partial charge in [0.15, 0.2) is 0 Å². The number of rotatable bonds is 2. The topological polar surface area (TPSA) is 38.3 Å². The van der Waals surface area contributed by atoms with Crippen LogP contribution >= 0.6 is 15.9 Å². The van der Waals surface area contributed by atoms with Crippen molar-refractivity contribution in [2.75, 3.05) is 12.4 Å². The highest BCUT2D eigenvalue weighted by Gasteiger charge is 2.41. The van der Waals surface area contributed by atoms with E-state index in [0.29, 0.717) is 11.5 Å². The fraction of sp³-hybridized carbons (Fsp3) is 0.286. The molecular formula is C21H20BrNO2. The summed E-state index contributed by atoms with van der Waals surface area (Å²) in [5.74, 6) is 0.343. The number of fused-ring (bicyclic) bond motifs is 3. The lowest BCUT2D eigenvalue weighted by atomic mass is 9.75. The van der Waals surface area contributed by atoms with Crippen LogP contribution in [0.5, 0.6) is 0 Å². The van der Waals surface area contributed by atoms with Crippen LogP contribution in [0.2, 0.25) is 0 Å². The summed E-state index contributed by atoms with van der Waals surface area (Å²) < 4.78 is 6.14. The van der Waals surface area contributed by atoms with Crippen molar-refractivity contribution < 1.29 is 9.53 Å². The van der Waals surface area contributed by atoms with E-state index in [1.807, 2.05) is 18.2 Å². The Bertz CT molecular complexity index is 874. The molecule has 0 fully saturated rings. The minimum absolute atomic E-state index is 0.203. The first kappa shape index (κ1) is 16.4. The molecule has 2 aromatic carbocycles. The van der Waals surface area contributed by atoms with E-state index < -0.39 is 0 Å². The van der Waals surface area contributed by atoms with Gasteiger partial charge in [0, 0.05) is 16.1 Å². The van der Waals surface area contributed by atoms with E-state index in [1.54, 1.807) is 0 Å². The molecule has 3 atom stereocenters. The standard InChI is InChI=1S/C21H20BrNO2/c1-12-10-11-16(21(24)25-2)18-13-7-5-8-14(13)20(23-19(12)18)15-6-3-4-9-17(15)22/h3-7,9-11,13-14,20,23H,8H2,1-2H3/t13-,14+,20+/m0/s1. The number of halogens is 1. The Morgan fingerprint density at radius 3 is 2.80 bits per heavy atom. The van der Waals surface area contributed by atoms with E-state index in [1.165, 1.54) is 12.7 Å². The maximum absolute atomic E-state index is 12.3. The second-order valence-electron chi connectivity index (χ2n) is 6.71. The molecule has 25 heavy (non-hydrogen) atoms. The Kier molecular flexibility index (Phi) is 4.16. The molecule has 0 spiro atoms. The SMILES string of the molecule is COC(=O)c1ccc(C)c2c1[C@H]1C=CC[C@H]1[C@H](c1ccccc1Br)N2. The number of esters is 1. The van der Waals surface area contributed by atoms with Crippen molar-refractivity contribution >= 4 is 27.6 Å². The zero-order chi connectivity index (χ0) is 17.6. The number of methoxy groups -OCH3 is 1. The van der Waals surface area contributed by atoms with Crippen LogP contribution in [0, 0.1) is 12.8 Å². The van der Waals surface area contributed by atoms with Crippen molar-refractivity contribution in [1.82, 2.24) is 0 Å². The van der Waals surface area contributed by atoms with Gasteiger partial charge in [-0.1, -0.05) is 52.3 Å². The van der Waals surface area contributed by atoms with Gasteiger partial charge in [0.1, 0.15) is 0 Å². The molecule has 2 aromatic rings. The number of aryl methyl sites for hydroxylation is 1. The zero-order valence-electron chi connectivity index (χ0n) is 14.3. The Morgan fingerprint density at radius 2 is 2.04 bits per heavy atom. The van der Waals surface area contributed by atoms with Gasteiger partial charge >= 0.3 is 5.97 Å². The summed E-state index contributed by atoms with van der Waals surface area (Å²) in [5, 5.41) is 3.74. The number of hydrogen-bond donors (Lipinski definition) is 1. The number of nitrogens with one attached hydrogen (secondary N) is 1. The van der Waals surface area contributed by atoms with Gasteiger partial charge in [-0.05, 0) is 48.1 Å². The number of carbonyl (C=O) groups excluding carboxylic acids is 1. The summed E-state index contributed by atoms with van der Waals surface area (Å²) in [6.45, 7) is 2.09. The second kappa shape index (κ2) is 6.34. The van der Waals surface area contributed by atoms with E-state index in [4.69, 9.17) is 4.74 Å². The van der Waals surface area contributed by atoms with Gasteiger partial charge in [-0.3, -0.25) is 0 Å². The van der Waals surface area contributed by atoms with E-state index in [9.17, 15) is 4.79 Å². The molecule has 1 N–H and O–H groups in total. The number of ether oxygens (including phenoxy) is 1. The minimum atomic E-state index is -0.267. The summed E-state index contributed by atoms with van der Waals surface area (Å²) in [6, 6.07) is 12.5. The first-order valence-electron chi connectivity index (χ1n) is 8.51. The third-order valence-corrected chi connectivity index (χ3v) is 6.10. The lowest BCUT2D eigenvalue weighted by Gasteiger charge is -2.39. The van der Waals surface area contributed by atoms with Crippen molar-refractivity contribution in [2.45, 2.75) is 25.3 Å². The first-order chi connectivity index (χ1) is 12.1. The van der Waals surface area contributed by atoms with Crippen molar-refractivity contribution in [3.05, 3.63) is 75.3 Å². The van der Waals surface area contributed by atoms with Gasteiger partial charge in [0.05, 0.1) is 18.7 Å². The zero-order valence-corrected chi connectivity index (χ0v) is 15.8. The molecule has 0 unspecified atom stereocenters.